The Kier molecular flexibility index (Phi) is 5.10. The third kappa shape index (κ3) is 3.58. The number of anilines is 3. The third-order valence-electron chi connectivity index (χ3n) is 5.94. The van der Waals surface area contributed by atoms with Gasteiger partial charge >= 0.3 is 0 Å². The standard InChI is InChI=1S/C30H20ClNS/c31-27-15-8-16-28-29(27)26-14-7-13-25(30(26)33-28)21-17-19-24(20-18-21)32(22-9-3-1-4-10-22)23-11-5-2-6-12-23/h1-20H. The zero-order chi connectivity index (χ0) is 22.2. The lowest BCUT2D eigenvalue weighted by atomic mass is 10.0. The van der Waals surface area contributed by atoms with Crippen molar-refractivity contribution in [3.63, 3.8) is 0 Å². The SMILES string of the molecule is Clc1cccc2sc3c(-c4ccc(N(c5ccccc5)c5ccccc5)cc4)cccc3c12. The number of para-hydroxylation sites is 2. The summed E-state index contributed by atoms with van der Waals surface area (Å²) >= 11 is 8.36. The molecule has 0 saturated carbocycles. The van der Waals surface area contributed by atoms with E-state index < -0.39 is 0 Å². The summed E-state index contributed by atoms with van der Waals surface area (Å²) < 4.78 is 2.50. The molecule has 0 N–H and O–H groups in total. The molecular weight excluding hydrogens is 442 g/mol. The van der Waals surface area contributed by atoms with E-state index in [0.717, 1.165) is 27.5 Å². The Hall–Kier alpha value is -3.59. The van der Waals surface area contributed by atoms with Crippen molar-refractivity contribution in [2.45, 2.75) is 0 Å². The predicted molar refractivity (Wildman–Crippen MR) is 144 cm³/mol. The molecule has 6 rings (SSSR count). The third-order valence-corrected chi connectivity index (χ3v) is 7.46. The van der Waals surface area contributed by atoms with E-state index in [2.05, 4.69) is 102 Å². The summed E-state index contributed by atoms with van der Waals surface area (Å²) in [5.74, 6) is 0. The van der Waals surface area contributed by atoms with Crippen molar-refractivity contribution in [3.8, 4) is 11.1 Å². The average molecular weight is 462 g/mol. The fourth-order valence-corrected chi connectivity index (χ4v) is 6.02. The maximum Gasteiger partial charge on any atom is 0.0499 e. The fourth-order valence-electron chi connectivity index (χ4n) is 4.42. The first kappa shape index (κ1) is 20.0. The van der Waals surface area contributed by atoms with Crippen LogP contribution in [-0.4, -0.2) is 0 Å². The molecule has 5 aromatic carbocycles. The van der Waals surface area contributed by atoms with Crippen LogP contribution in [-0.2, 0) is 0 Å². The second-order valence-corrected chi connectivity index (χ2v) is 9.41. The Morgan fingerprint density at radius 2 is 1.15 bits per heavy atom. The summed E-state index contributed by atoms with van der Waals surface area (Å²) in [7, 11) is 0. The van der Waals surface area contributed by atoms with Crippen molar-refractivity contribution in [3.05, 3.63) is 126 Å². The Labute approximate surface area is 202 Å². The number of halogens is 1. The van der Waals surface area contributed by atoms with Gasteiger partial charge in [-0.1, -0.05) is 84.4 Å². The molecule has 0 aliphatic heterocycles. The van der Waals surface area contributed by atoms with E-state index in [0.29, 0.717) is 0 Å². The van der Waals surface area contributed by atoms with Crippen LogP contribution in [0, 0.1) is 0 Å². The zero-order valence-corrected chi connectivity index (χ0v) is 19.4. The van der Waals surface area contributed by atoms with Crippen molar-refractivity contribution < 1.29 is 0 Å². The van der Waals surface area contributed by atoms with E-state index >= 15 is 0 Å². The van der Waals surface area contributed by atoms with Crippen LogP contribution in [0.3, 0.4) is 0 Å². The maximum atomic E-state index is 6.55. The molecule has 1 nitrogen and oxygen atoms in total. The second kappa shape index (κ2) is 8.40. The van der Waals surface area contributed by atoms with E-state index in [-0.39, 0.29) is 0 Å². The van der Waals surface area contributed by atoms with Crippen molar-refractivity contribution >= 4 is 60.2 Å². The van der Waals surface area contributed by atoms with Crippen molar-refractivity contribution in [1.29, 1.82) is 0 Å². The van der Waals surface area contributed by atoms with Gasteiger partial charge in [0.1, 0.15) is 0 Å². The molecule has 158 valence electrons. The molecule has 0 spiro atoms. The normalized spacial score (nSPS) is 11.2. The summed E-state index contributed by atoms with van der Waals surface area (Å²) in [6.07, 6.45) is 0. The number of rotatable bonds is 4. The van der Waals surface area contributed by atoms with Crippen LogP contribution >= 0.6 is 22.9 Å². The average Bonchev–Trinajstić information content (AvgIpc) is 3.26. The van der Waals surface area contributed by atoms with E-state index in [1.807, 2.05) is 24.3 Å². The zero-order valence-electron chi connectivity index (χ0n) is 17.8. The molecule has 6 aromatic rings. The molecule has 0 radical (unpaired) electrons. The van der Waals surface area contributed by atoms with Crippen LogP contribution in [0.25, 0.3) is 31.3 Å². The molecular formula is C30H20ClNS. The first-order valence-corrected chi connectivity index (χ1v) is 12.1. The van der Waals surface area contributed by atoms with Gasteiger partial charge in [-0.3, -0.25) is 0 Å². The van der Waals surface area contributed by atoms with Gasteiger partial charge in [-0.25, -0.2) is 0 Å². The lowest BCUT2D eigenvalue weighted by Crippen LogP contribution is -2.09. The molecule has 3 heteroatoms. The second-order valence-electron chi connectivity index (χ2n) is 7.95. The summed E-state index contributed by atoms with van der Waals surface area (Å²) in [6.45, 7) is 0. The highest BCUT2D eigenvalue weighted by molar-refractivity contribution is 7.26. The van der Waals surface area contributed by atoms with E-state index in [1.165, 1.54) is 25.9 Å². The van der Waals surface area contributed by atoms with Gasteiger partial charge in [-0.2, -0.15) is 0 Å². The minimum Gasteiger partial charge on any atom is -0.311 e. The highest BCUT2D eigenvalue weighted by atomic mass is 35.5. The van der Waals surface area contributed by atoms with Gasteiger partial charge < -0.3 is 4.90 Å². The summed E-state index contributed by atoms with van der Waals surface area (Å²) in [6, 6.07) is 42.5. The maximum absolute atomic E-state index is 6.55. The van der Waals surface area contributed by atoms with Gasteiger partial charge in [0.25, 0.3) is 0 Å². The van der Waals surface area contributed by atoms with E-state index in [9.17, 15) is 0 Å². The van der Waals surface area contributed by atoms with Gasteiger partial charge in [-0.15, -0.1) is 11.3 Å². The molecule has 0 bridgehead atoms. The predicted octanol–water partition coefficient (Wildman–Crippen LogP) is 9.84. The van der Waals surface area contributed by atoms with Gasteiger partial charge in [0.05, 0.1) is 0 Å². The quantitative estimate of drug-likeness (QED) is 0.252. The highest BCUT2D eigenvalue weighted by Crippen LogP contribution is 2.43. The Bertz CT molecular complexity index is 1510. The minimum absolute atomic E-state index is 0.813. The van der Waals surface area contributed by atoms with Crippen LogP contribution in [0.5, 0.6) is 0 Å². The first-order chi connectivity index (χ1) is 16.3. The lowest BCUT2D eigenvalue weighted by Gasteiger charge is -2.25. The molecule has 0 saturated heterocycles. The number of hydrogen-bond donors (Lipinski definition) is 0. The largest absolute Gasteiger partial charge is 0.311 e. The summed E-state index contributed by atoms with van der Waals surface area (Å²) in [5.41, 5.74) is 5.84. The van der Waals surface area contributed by atoms with Crippen molar-refractivity contribution in [2.75, 3.05) is 4.90 Å². The molecule has 1 aromatic heterocycles. The van der Waals surface area contributed by atoms with Gasteiger partial charge in [0, 0.05) is 42.3 Å². The number of hydrogen-bond acceptors (Lipinski definition) is 2. The fraction of sp³-hybridized carbons (Fsp3) is 0. The van der Waals surface area contributed by atoms with Crippen LogP contribution < -0.4 is 4.90 Å². The molecule has 0 amide bonds. The van der Waals surface area contributed by atoms with Crippen LogP contribution in [0.2, 0.25) is 5.02 Å². The van der Waals surface area contributed by atoms with Crippen LogP contribution in [0.1, 0.15) is 0 Å². The van der Waals surface area contributed by atoms with E-state index in [1.54, 1.807) is 11.3 Å². The molecule has 0 fully saturated rings. The lowest BCUT2D eigenvalue weighted by molar-refractivity contribution is 1.28. The van der Waals surface area contributed by atoms with Crippen molar-refractivity contribution in [1.82, 2.24) is 0 Å². The molecule has 0 aliphatic carbocycles. The molecule has 0 aliphatic rings. The number of fused-ring (bicyclic) bond motifs is 3. The summed E-state index contributed by atoms with van der Waals surface area (Å²) in [5, 5.41) is 3.18. The van der Waals surface area contributed by atoms with E-state index in [4.69, 9.17) is 11.6 Å². The number of benzene rings is 5. The van der Waals surface area contributed by atoms with Crippen molar-refractivity contribution in [2.24, 2.45) is 0 Å². The topological polar surface area (TPSA) is 3.24 Å². The Morgan fingerprint density at radius 3 is 1.82 bits per heavy atom. The number of nitrogens with zero attached hydrogens (tertiary/aromatic N) is 1. The first-order valence-electron chi connectivity index (χ1n) is 10.9. The minimum atomic E-state index is 0.813. The monoisotopic (exact) mass is 461 g/mol. The van der Waals surface area contributed by atoms with Crippen LogP contribution in [0.4, 0.5) is 17.1 Å². The van der Waals surface area contributed by atoms with Gasteiger partial charge in [0.15, 0.2) is 0 Å². The molecule has 1 heterocycles. The van der Waals surface area contributed by atoms with Gasteiger partial charge in [-0.05, 0) is 59.7 Å². The van der Waals surface area contributed by atoms with Crippen LogP contribution in [0.15, 0.2) is 121 Å². The molecule has 33 heavy (non-hydrogen) atoms. The summed E-state index contributed by atoms with van der Waals surface area (Å²) in [4.78, 5) is 2.28. The Balaban J connectivity index is 1.46. The smallest absolute Gasteiger partial charge is 0.0499 e. The Morgan fingerprint density at radius 1 is 0.545 bits per heavy atom. The highest BCUT2D eigenvalue weighted by Gasteiger charge is 2.14. The molecule has 0 unspecified atom stereocenters. The number of thiophene rings is 1. The van der Waals surface area contributed by atoms with Gasteiger partial charge in [0.2, 0.25) is 0 Å². The molecule has 0 atom stereocenters.